The second kappa shape index (κ2) is 11.5. The van der Waals surface area contributed by atoms with Crippen LogP contribution in [0.4, 0.5) is 19.3 Å². The van der Waals surface area contributed by atoms with Crippen molar-refractivity contribution < 1.29 is 27.9 Å². The summed E-state index contributed by atoms with van der Waals surface area (Å²) in [4.78, 5) is 33.9. The Kier molecular flexibility index (Phi) is 8.68. The number of rotatable bonds is 6. The van der Waals surface area contributed by atoms with Crippen LogP contribution in [0.1, 0.15) is 52.0 Å². The molecule has 0 radical (unpaired) electrons. The molecule has 0 N–H and O–H groups in total. The highest BCUT2D eigenvalue weighted by Crippen LogP contribution is 2.26. The summed E-state index contributed by atoms with van der Waals surface area (Å²) in [6.45, 7) is 7.19. The van der Waals surface area contributed by atoms with Crippen LogP contribution in [0.3, 0.4) is 0 Å². The Morgan fingerprint density at radius 3 is 2.35 bits per heavy atom. The number of anilines is 1. The van der Waals surface area contributed by atoms with Gasteiger partial charge in [0, 0.05) is 84.0 Å². The molecule has 1 aromatic rings. The van der Waals surface area contributed by atoms with E-state index >= 15 is 0 Å². The zero-order valence-electron chi connectivity index (χ0n) is 20.4. The Morgan fingerprint density at radius 2 is 1.76 bits per heavy atom. The van der Waals surface area contributed by atoms with Crippen LogP contribution in [0.2, 0.25) is 0 Å². The minimum atomic E-state index is -0.532. The lowest BCUT2D eigenvalue weighted by Crippen LogP contribution is -2.41. The number of piperidine rings is 2. The molecule has 0 saturated carbocycles. The number of nitrogens with zero attached hydrogens (tertiary/aromatic N) is 4. The number of amides is 2. The van der Waals surface area contributed by atoms with Crippen LogP contribution >= 0.6 is 0 Å². The molecular formula is C24H34F2N4O4. The number of oxime groups is 1. The van der Waals surface area contributed by atoms with Crippen molar-refractivity contribution in [3.63, 3.8) is 0 Å². The summed E-state index contributed by atoms with van der Waals surface area (Å²) >= 11 is 0. The van der Waals surface area contributed by atoms with Crippen molar-refractivity contribution in [1.82, 2.24) is 9.80 Å². The second-order valence-electron chi connectivity index (χ2n) is 9.14. The lowest BCUT2D eigenvalue weighted by Gasteiger charge is -2.32. The molecule has 2 heterocycles. The van der Waals surface area contributed by atoms with Crippen molar-refractivity contribution in [2.45, 2.75) is 65.2 Å². The maximum Gasteiger partial charge on any atom is 0.410 e. The minimum absolute atomic E-state index is 0.0182. The lowest BCUT2D eigenvalue weighted by molar-refractivity contribution is -0.128. The maximum atomic E-state index is 14.7. The third-order valence-corrected chi connectivity index (χ3v) is 6.11. The molecule has 3 rings (SSSR count). The second-order valence-corrected chi connectivity index (χ2v) is 9.14. The topological polar surface area (TPSA) is 74.7 Å². The Morgan fingerprint density at radius 1 is 1.12 bits per heavy atom. The van der Waals surface area contributed by atoms with E-state index < -0.39 is 11.6 Å². The number of hydrogen-bond donors (Lipinski definition) is 0. The van der Waals surface area contributed by atoms with E-state index in [1.54, 1.807) is 16.8 Å². The number of ether oxygens (including phenoxy) is 1. The highest BCUT2D eigenvalue weighted by atomic mass is 19.1. The van der Waals surface area contributed by atoms with E-state index in [-0.39, 0.29) is 42.0 Å². The smallest absolute Gasteiger partial charge is 0.410 e. The molecule has 188 valence electrons. The average molecular weight is 481 g/mol. The van der Waals surface area contributed by atoms with Gasteiger partial charge in [-0.3, -0.25) is 4.79 Å². The molecule has 0 spiro atoms. The molecule has 0 aliphatic carbocycles. The van der Waals surface area contributed by atoms with E-state index in [1.165, 1.54) is 24.0 Å². The standard InChI is InChI=1S/C24H34F2N4O4/c1-16(2)33-24(32)30-11-7-20(8-12-30)34-27-19-5-9-29(10-6-19)23-14-21(25)18(13-22(23)26)15-28(4)17(3)31/h13-14,16,20H,5-12,15H2,1-4H3. The summed E-state index contributed by atoms with van der Waals surface area (Å²) < 4.78 is 34.5. The normalized spacial score (nSPS) is 17.1. The van der Waals surface area contributed by atoms with Gasteiger partial charge in [0.2, 0.25) is 5.91 Å². The van der Waals surface area contributed by atoms with Crippen molar-refractivity contribution in [3.8, 4) is 0 Å². The summed E-state index contributed by atoms with van der Waals surface area (Å²) in [5.74, 6) is -1.25. The molecule has 2 fully saturated rings. The molecule has 2 aliphatic heterocycles. The molecule has 0 unspecified atom stereocenters. The van der Waals surface area contributed by atoms with E-state index in [4.69, 9.17) is 9.57 Å². The SMILES string of the molecule is CC(=O)N(C)Cc1cc(F)c(N2CCC(=NOC3CCN(C(=O)OC(C)C)CC3)CC2)cc1F. The third-order valence-electron chi connectivity index (χ3n) is 6.11. The molecule has 0 atom stereocenters. The van der Waals surface area contributed by atoms with Crippen molar-refractivity contribution in [2.75, 3.05) is 38.1 Å². The first-order valence-electron chi connectivity index (χ1n) is 11.8. The predicted molar refractivity (Wildman–Crippen MR) is 125 cm³/mol. The Hall–Kier alpha value is -2.91. The van der Waals surface area contributed by atoms with Gasteiger partial charge in [-0.25, -0.2) is 13.6 Å². The Bertz CT molecular complexity index is 906. The van der Waals surface area contributed by atoms with Gasteiger partial charge in [0.25, 0.3) is 0 Å². The van der Waals surface area contributed by atoms with Crippen LogP contribution < -0.4 is 4.90 Å². The van der Waals surface area contributed by atoms with E-state index in [1.807, 2.05) is 13.8 Å². The van der Waals surface area contributed by atoms with Crippen LogP contribution in [0, 0.1) is 11.6 Å². The van der Waals surface area contributed by atoms with E-state index in [2.05, 4.69) is 5.16 Å². The maximum absolute atomic E-state index is 14.7. The Labute approximate surface area is 199 Å². The first kappa shape index (κ1) is 25.7. The molecule has 2 saturated heterocycles. The summed E-state index contributed by atoms with van der Waals surface area (Å²) in [5.41, 5.74) is 1.25. The molecule has 2 aliphatic rings. The van der Waals surface area contributed by atoms with Crippen LogP contribution in [-0.2, 0) is 20.9 Å². The first-order valence-corrected chi connectivity index (χ1v) is 11.8. The molecule has 10 heteroatoms. The molecule has 34 heavy (non-hydrogen) atoms. The zero-order chi connectivity index (χ0) is 24.8. The third kappa shape index (κ3) is 6.80. The number of benzene rings is 1. The van der Waals surface area contributed by atoms with Gasteiger partial charge >= 0.3 is 6.09 Å². The number of halogens is 2. The average Bonchev–Trinajstić information content (AvgIpc) is 2.80. The van der Waals surface area contributed by atoms with Gasteiger partial charge in [0.05, 0.1) is 17.5 Å². The summed E-state index contributed by atoms with van der Waals surface area (Å²) in [7, 11) is 1.55. The summed E-state index contributed by atoms with van der Waals surface area (Å²) in [6, 6.07) is 2.37. The largest absolute Gasteiger partial charge is 0.447 e. The van der Waals surface area contributed by atoms with Crippen molar-refractivity contribution in [2.24, 2.45) is 5.16 Å². The minimum Gasteiger partial charge on any atom is -0.447 e. The fraction of sp³-hybridized carbons (Fsp3) is 0.625. The lowest BCUT2D eigenvalue weighted by atomic mass is 10.1. The number of likely N-dealkylation sites (tertiary alicyclic amines) is 1. The monoisotopic (exact) mass is 480 g/mol. The van der Waals surface area contributed by atoms with Crippen LogP contribution in [0.15, 0.2) is 17.3 Å². The van der Waals surface area contributed by atoms with Gasteiger partial charge in [0.1, 0.15) is 17.7 Å². The fourth-order valence-electron chi connectivity index (χ4n) is 3.97. The van der Waals surface area contributed by atoms with Crippen molar-refractivity contribution in [1.29, 1.82) is 0 Å². The zero-order valence-corrected chi connectivity index (χ0v) is 20.4. The van der Waals surface area contributed by atoms with E-state index in [9.17, 15) is 18.4 Å². The molecule has 1 aromatic carbocycles. The summed E-state index contributed by atoms with van der Waals surface area (Å²) in [5, 5.41) is 4.31. The van der Waals surface area contributed by atoms with E-state index in [0.29, 0.717) is 51.9 Å². The molecular weight excluding hydrogens is 446 g/mol. The van der Waals surface area contributed by atoms with Crippen LogP contribution in [0.25, 0.3) is 0 Å². The number of carbonyl (C=O) groups is 2. The van der Waals surface area contributed by atoms with Gasteiger partial charge in [-0.15, -0.1) is 0 Å². The van der Waals surface area contributed by atoms with Gasteiger partial charge < -0.3 is 24.3 Å². The van der Waals surface area contributed by atoms with Gasteiger partial charge in [-0.1, -0.05) is 5.16 Å². The summed E-state index contributed by atoms with van der Waals surface area (Å²) in [6.07, 6.45) is 2.06. The van der Waals surface area contributed by atoms with Gasteiger partial charge in [0.15, 0.2) is 0 Å². The van der Waals surface area contributed by atoms with E-state index in [0.717, 1.165) is 5.71 Å². The molecule has 0 aromatic heterocycles. The van der Waals surface area contributed by atoms with Crippen LogP contribution in [0.5, 0.6) is 0 Å². The van der Waals surface area contributed by atoms with Gasteiger partial charge in [-0.2, -0.15) is 0 Å². The molecule has 8 nitrogen and oxygen atoms in total. The molecule has 0 bridgehead atoms. The number of hydrogen-bond acceptors (Lipinski definition) is 6. The van der Waals surface area contributed by atoms with Gasteiger partial charge in [-0.05, 0) is 19.9 Å². The quantitative estimate of drug-likeness (QED) is 0.577. The first-order chi connectivity index (χ1) is 16.1. The predicted octanol–water partition coefficient (Wildman–Crippen LogP) is 3.93. The highest BCUT2D eigenvalue weighted by molar-refractivity contribution is 5.86. The van der Waals surface area contributed by atoms with Crippen molar-refractivity contribution in [3.05, 3.63) is 29.3 Å². The van der Waals surface area contributed by atoms with Crippen molar-refractivity contribution >= 4 is 23.4 Å². The highest BCUT2D eigenvalue weighted by Gasteiger charge is 2.26. The fourth-order valence-corrected chi connectivity index (χ4v) is 3.97. The number of carbonyl (C=O) groups excluding carboxylic acids is 2. The molecule has 2 amide bonds. The Balaban J connectivity index is 1.48. The van der Waals surface area contributed by atoms with Crippen LogP contribution in [-0.4, -0.2) is 72.9 Å².